The zero-order valence-corrected chi connectivity index (χ0v) is 16.5. The van der Waals surface area contributed by atoms with Gasteiger partial charge in [-0.1, -0.05) is 24.3 Å². The number of aromatic nitrogens is 1. The summed E-state index contributed by atoms with van der Waals surface area (Å²) < 4.78 is 5.80. The third-order valence-corrected chi connectivity index (χ3v) is 5.71. The molecule has 1 aliphatic rings. The van der Waals surface area contributed by atoms with Gasteiger partial charge in [0.15, 0.2) is 12.0 Å². The lowest BCUT2D eigenvalue weighted by molar-refractivity contribution is 0.112. The molecule has 1 aromatic heterocycles. The summed E-state index contributed by atoms with van der Waals surface area (Å²) in [6, 6.07) is 14.6. The summed E-state index contributed by atoms with van der Waals surface area (Å²) in [5.41, 5.74) is 4.18. The number of carbonyl (C=O) groups excluding carboxylic acids is 1. The van der Waals surface area contributed by atoms with Crippen LogP contribution in [0.2, 0.25) is 0 Å². The Labute approximate surface area is 165 Å². The minimum Gasteiger partial charge on any atom is -0.491 e. The second-order valence-corrected chi connectivity index (χ2v) is 7.23. The van der Waals surface area contributed by atoms with E-state index in [0.29, 0.717) is 24.0 Å². The average Bonchev–Trinajstić information content (AvgIpc) is 3.18. The van der Waals surface area contributed by atoms with E-state index in [4.69, 9.17) is 4.74 Å². The maximum Gasteiger partial charge on any atom is 0.153 e. The Bertz CT molecular complexity index is 957. The molecule has 1 atom stereocenters. The molecule has 0 amide bonds. The number of para-hydroxylation sites is 2. The minimum atomic E-state index is 0.353. The Balaban J connectivity index is 1.50. The maximum absolute atomic E-state index is 11.4. The van der Waals surface area contributed by atoms with Crippen LogP contribution in [0.1, 0.15) is 35.8 Å². The van der Waals surface area contributed by atoms with Crippen molar-refractivity contribution in [3.63, 3.8) is 0 Å². The highest BCUT2D eigenvalue weighted by Gasteiger charge is 2.25. The quantitative estimate of drug-likeness (QED) is 0.652. The maximum atomic E-state index is 11.4. The number of anilines is 1. The third kappa shape index (κ3) is 3.38. The van der Waals surface area contributed by atoms with Crippen LogP contribution < -0.4 is 9.64 Å². The van der Waals surface area contributed by atoms with E-state index < -0.39 is 0 Å². The number of hydrogen-bond acceptors (Lipinski definition) is 4. The van der Waals surface area contributed by atoms with Crippen molar-refractivity contribution in [1.82, 2.24) is 9.88 Å². The van der Waals surface area contributed by atoms with Gasteiger partial charge in [0, 0.05) is 49.3 Å². The molecule has 28 heavy (non-hydrogen) atoms. The van der Waals surface area contributed by atoms with E-state index in [2.05, 4.69) is 58.2 Å². The summed E-state index contributed by atoms with van der Waals surface area (Å²) >= 11 is 0. The Morgan fingerprint density at radius 1 is 1.11 bits per heavy atom. The van der Waals surface area contributed by atoms with E-state index in [1.807, 2.05) is 19.1 Å². The zero-order valence-electron chi connectivity index (χ0n) is 16.5. The van der Waals surface area contributed by atoms with Crippen molar-refractivity contribution in [3.05, 3.63) is 59.8 Å². The van der Waals surface area contributed by atoms with Crippen LogP contribution in [0.15, 0.2) is 48.7 Å². The molecule has 0 bridgehead atoms. The molecule has 0 radical (unpaired) electrons. The van der Waals surface area contributed by atoms with Crippen molar-refractivity contribution in [1.29, 1.82) is 0 Å². The molecule has 1 unspecified atom stereocenters. The Kier molecular flexibility index (Phi) is 5.35. The molecule has 1 saturated heterocycles. The molecule has 4 rings (SSSR count). The first kappa shape index (κ1) is 18.6. The number of rotatable bonds is 6. The molecular weight excluding hydrogens is 350 g/mol. The fourth-order valence-electron chi connectivity index (χ4n) is 4.17. The normalized spacial score (nSPS) is 16.3. The van der Waals surface area contributed by atoms with Gasteiger partial charge in [-0.15, -0.1) is 0 Å². The van der Waals surface area contributed by atoms with Gasteiger partial charge < -0.3 is 14.6 Å². The number of carbonyl (C=O) groups is 1. The molecule has 0 spiro atoms. The van der Waals surface area contributed by atoms with E-state index in [1.54, 1.807) is 0 Å². The molecule has 1 aliphatic heterocycles. The Morgan fingerprint density at radius 3 is 2.64 bits per heavy atom. The lowest BCUT2D eigenvalue weighted by atomic mass is 10.0. The van der Waals surface area contributed by atoms with Gasteiger partial charge in [-0.2, -0.15) is 0 Å². The molecular formula is C23H27N3O2. The third-order valence-electron chi connectivity index (χ3n) is 5.71. The van der Waals surface area contributed by atoms with Crippen molar-refractivity contribution >= 4 is 22.9 Å². The van der Waals surface area contributed by atoms with Crippen LogP contribution in [0.4, 0.5) is 5.69 Å². The fraction of sp³-hybridized carbons (Fsp3) is 0.348. The van der Waals surface area contributed by atoms with Crippen molar-refractivity contribution in [2.24, 2.45) is 0 Å². The number of H-pyrrole nitrogens is 1. The van der Waals surface area contributed by atoms with E-state index in [9.17, 15) is 4.79 Å². The monoisotopic (exact) mass is 377 g/mol. The molecule has 146 valence electrons. The number of fused-ring (bicyclic) bond motifs is 1. The highest BCUT2D eigenvalue weighted by molar-refractivity contribution is 5.84. The SMILES string of the molecule is CCOc1c(C=O)cccc1N1CCN(C(C)c2c[nH]c3ccccc23)CC1. The molecule has 3 aromatic rings. The summed E-state index contributed by atoms with van der Waals surface area (Å²) in [6.07, 6.45) is 3.02. The molecule has 5 nitrogen and oxygen atoms in total. The number of ether oxygens (including phenoxy) is 1. The second kappa shape index (κ2) is 8.07. The number of aromatic amines is 1. The summed E-state index contributed by atoms with van der Waals surface area (Å²) in [7, 11) is 0. The standard InChI is InChI=1S/C23H27N3O2/c1-3-28-23-18(16-27)7-6-10-22(23)26-13-11-25(12-14-26)17(2)20-15-24-21-9-5-4-8-19(20)21/h4-10,15-17,24H,3,11-14H2,1-2H3. The first-order valence-corrected chi connectivity index (χ1v) is 9.99. The van der Waals surface area contributed by atoms with Crippen molar-refractivity contribution in [3.8, 4) is 5.75 Å². The minimum absolute atomic E-state index is 0.353. The number of piperazine rings is 1. The molecule has 1 N–H and O–H groups in total. The van der Waals surface area contributed by atoms with Gasteiger partial charge in [0.05, 0.1) is 17.9 Å². The van der Waals surface area contributed by atoms with Gasteiger partial charge in [0.25, 0.3) is 0 Å². The molecule has 2 heterocycles. The second-order valence-electron chi connectivity index (χ2n) is 7.23. The number of benzene rings is 2. The largest absolute Gasteiger partial charge is 0.491 e. The topological polar surface area (TPSA) is 48.6 Å². The van der Waals surface area contributed by atoms with E-state index in [1.165, 1.54) is 16.5 Å². The van der Waals surface area contributed by atoms with Crippen molar-refractivity contribution in [2.75, 3.05) is 37.7 Å². The Hall–Kier alpha value is -2.79. The number of aldehydes is 1. The Morgan fingerprint density at radius 2 is 1.89 bits per heavy atom. The lowest BCUT2D eigenvalue weighted by Crippen LogP contribution is -2.47. The zero-order chi connectivity index (χ0) is 19.5. The molecule has 0 saturated carbocycles. The van der Waals surface area contributed by atoms with Crippen LogP contribution in [0.5, 0.6) is 5.75 Å². The van der Waals surface area contributed by atoms with Gasteiger partial charge >= 0.3 is 0 Å². The van der Waals surface area contributed by atoms with E-state index in [0.717, 1.165) is 38.2 Å². The lowest BCUT2D eigenvalue weighted by Gasteiger charge is -2.39. The summed E-state index contributed by atoms with van der Waals surface area (Å²) in [5.74, 6) is 0.707. The molecule has 5 heteroatoms. The van der Waals surface area contributed by atoms with Gasteiger partial charge in [-0.3, -0.25) is 9.69 Å². The summed E-state index contributed by atoms with van der Waals surface area (Å²) in [5, 5.41) is 1.30. The van der Waals surface area contributed by atoms with Gasteiger partial charge in [0.1, 0.15) is 0 Å². The predicted molar refractivity (Wildman–Crippen MR) is 113 cm³/mol. The van der Waals surface area contributed by atoms with E-state index >= 15 is 0 Å². The van der Waals surface area contributed by atoms with E-state index in [-0.39, 0.29) is 0 Å². The fourth-order valence-corrected chi connectivity index (χ4v) is 4.17. The number of hydrogen-bond donors (Lipinski definition) is 1. The van der Waals surface area contributed by atoms with Gasteiger partial charge in [0.2, 0.25) is 0 Å². The summed E-state index contributed by atoms with van der Waals surface area (Å²) in [4.78, 5) is 19.7. The number of nitrogens with zero attached hydrogens (tertiary/aromatic N) is 2. The van der Waals surface area contributed by atoms with Crippen LogP contribution in [0.25, 0.3) is 10.9 Å². The molecule has 1 fully saturated rings. The molecule has 0 aliphatic carbocycles. The molecule has 2 aromatic carbocycles. The van der Waals surface area contributed by atoms with Gasteiger partial charge in [-0.05, 0) is 37.6 Å². The van der Waals surface area contributed by atoms with Crippen molar-refractivity contribution < 1.29 is 9.53 Å². The first-order valence-electron chi connectivity index (χ1n) is 9.99. The predicted octanol–water partition coefficient (Wildman–Crippen LogP) is 4.26. The van der Waals surface area contributed by atoms with Gasteiger partial charge in [-0.25, -0.2) is 0 Å². The van der Waals surface area contributed by atoms with Crippen LogP contribution >= 0.6 is 0 Å². The highest BCUT2D eigenvalue weighted by Crippen LogP contribution is 2.34. The first-order chi connectivity index (χ1) is 13.7. The highest BCUT2D eigenvalue weighted by atomic mass is 16.5. The van der Waals surface area contributed by atoms with Crippen LogP contribution in [-0.4, -0.2) is 49.0 Å². The van der Waals surface area contributed by atoms with Crippen LogP contribution in [0.3, 0.4) is 0 Å². The summed E-state index contributed by atoms with van der Waals surface area (Å²) in [6.45, 7) is 8.55. The van der Waals surface area contributed by atoms with Crippen molar-refractivity contribution in [2.45, 2.75) is 19.9 Å². The average molecular weight is 377 g/mol. The van der Waals surface area contributed by atoms with Crippen LogP contribution in [0, 0.1) is 0 Å². The number of nitrogens with one attached hydrogen (secondary N) is 1. The van der Waals surface area contributed by atoms with Crippen LogP contribution in [-0.2, 0) is 0 Å². The smallest absolute Gasteiger partial charge is 0.153 e.